The molecule has 4 N–H and O–H groups in total. The van der Waals surface area contributed by atoms with Gasteiger partial charge in [0.25, 0.3) is 0 Å². The third-order valence-corrected chi connectivity index (χ3v) is 6.16. The van der Waals surface area contributed by atoms with Gasteiger partial charge in [0.2, 0.25) is 9.84 Å². The second kappa shape index (κ2) is 6.05. The van der Waals surface area contributed by atoms with E-state index in [1.54, 1.807) is 18.2 Å². The number of aromatic nitrogens is 2. The van der Waals surface area contributed by atoms with Crippen LogP contribution in [0.25, 0.3) is 10.9 Å². The number of aromatic amines is 1. The molecule has 7 nitrogen and oxygen atoms in total. The van der Waals surface area contributed by atoms with Crippen molar-refractivity contribution in [2.75, 3.05) is 36.8 Å². The maximum absolute atomic E-state index is 13.0. The second-order valence-corrected chi connectivity index (χ2v) is 7.90. The number of rotatable bonds is 3. The predicted octanol–water partition coefficient (Wildman–Crippen LogP) is 1.39. The summed E-state index contributed by atoms with van der Waals surface area (Å²) in [6, 6.07) is 11.8. The number of fused-ring (bicyclic) bond motifs is 1. The highest BCUT2D eigenvalue weighted by Gasteiger charge is 2.25. The van der Waals surface area contributed by atoms with Crippen LogP contribution in [0.2, 0.25) is 0 Å². The smallest absolute Gasteiger partial charge is 0.226 e. The molecule has 25 heavy (non-hydrogen) atoms. The van der Waals surface area contributed by atoms with E-state index in [1.807, 2.05) is 12.1 Å². The SMILES string of the molecule is Nc1ccc(S(=O)(=O)c2n[nH]c3c(N4CCNCC4)cccc23)cc1. The molecule has 0 radical (unpaired) electrons. The Morgan fingerprint density at radius 2 is 1.76 bits per heavy atom. The van der Waals surface area contributed by atoms with Crippen LogP contribution in [0.3, 0.4) is 0 Å². The zero-order valence-electron chi connectivity index (χ0n) is 13.6. The number of nitrogens with zero attached hydrogens (tertiary/aromatic N) is 2. The highest BCUT2D eigenvalue weighted by Crippen LogP contribution is 2.32. The molecule has 0 bridgehead atoms. The van der Waals surface area contributed by atoms with Crippen molar-refractivity contribution in [2.24, 2.45) is 0 Å². The molecule has 1 aliphatic heterocycles. The average Bonchev–Trinajstić information content (AvgIpc) is 3.08. The number of para-hydroxylation sites is 1. The first-order chi connectivity index (χ1) is 12.1. The number of nitrogens with one attached hydrogen (secondary N) is 2. The molecule has 0 unspecified atom stereocenters. The average molecular weight is 357 g/mol. The molecule has 2 heterocycles. The summed E-state index contributed by atoms with van der Waals surface area (Å²) < 4.78 is 25.9. The molecule has 1 fully saturated rings. The van der Waals surface area contributed by atoms with E-state index in [9.17, 15) is 8.42 Å². The van der Waals surface area contributed by atoms with Crippen molar-refractivity contribution in [1.82, 2.24) is 15.5 Å². The van der Waals surface area contributed by atoms with E-state index in [0.29, 0.717) is 11.1 Å². The standard InChI is InChI=1S/C17H19N5O2S/c18-12-4-6-13(7-5-12)25(23,24)17-14-2-1-3-15(16(14)20-21-17)22-10-8-19-9-11-22/h1-7,19H,8-11,18H2,(H,20,21). The topological polar surface area (TPSA) is 104 Å². The van der Waals surface area contributed by atoms with Crippen LogP contribution in [0, 0.1) is 0 Å². The highest BCUT2D eigenvalue weighted by molar-refractivity contribution is 7.91. The van der Waals surface area contributed by atoms with Gasteiger partial charge in [-0.2, -0.15) is 5.10 Å². The Balaban J connectivity index is 1.82. The number of piperazine rings is 1. The van der Waals surface area contributed by atoms with Gasteiger partial charge < -0.3 is 16.0 Å². The molecular formula is C17H19N5O2S. The van der Waals surface area contributed by atoms with Crippen molar-refractivity contribution in [1.29, 1.82) is 0 Å². The van der Waals surface area contributed by atoms with E-state index in [2.05, 4.69) is 20.4 Å². The van der Waals surface area contributed by atoms with Crippen molar-refractivity contribution in [2.45, 2.75) is 9.92 Å². The van der Waals surface area contributed by atoms with E-state index >= 15 is 0 Å². The Kier molecular flexibility index (Phi) is 3.85. The van der Waals surface area contributed by atoms with Crippen LogP contribution in [0.5, 0.6) is 0 Å². The first-order valence-electron chi connectivity index (χ1n) is 8.11. The maximum atomic E-state index is 13.0. The lowest BCUT2D eigenvalue weighted by molar-refractivity contribution is 0.590. The minimum atomic E-state index is -3.72. The Hall–Kier alpha value is -2.58. The molecule has 1 aliphatic rings. The van der Waals surface area contributed by atoms with Gasteiger partial charge in [-0.15, -0.1) is 0 Å². The Morgan fingerprint density at radius 3 is 2.48 bits per heavy atom. The van der Waals surface area contributed by atoms with Gasteiger partial charge in [-0.05, 0) is 36.4 Å². The minimum Gasteiger partial charge on any atom is -0.399 e. The number of sulfone groups is 1. The quantitative estimate of drug-likeness (QED) is 0.612. The summed E-state index contributed by atoms with van der Waals surface area (Å²) in [7, 11) is -3.72. The zero-order chi connectivity index (χ0) is 17.4. The van der Waals surface area contributed by atoms with Crippen molar-refractivity contribution in [3.63, 3.8) is 0 Å². The minimum absolute atomic E-state index is 0.0456. The summed E-state index contributed by atoms with van der Waals surface area (Å²) in [6.07, 6.45) is 0. The molecule has 130 valence electrons. The monoisotopic (exact) mass is 357 g/mol. The van der Waals surface area contributed by atoms with Crippen molar-refractivity contribution in [3.05, 3.63) is 42.5 Å². The van der Waals surface area contributed by atoms with Gasteiger partial charge in [0.05, 0.1) is 16.1 Å². The van der Waals surface area contributed by atoms with Gasteiger partial charge in [0.1, 0.15) is 0 Å². The Morgan fingerprint density at radius 1 is 1.04 bits per heavy atom. The number of benzene rings is 2. The van der Waals surface area contributed by atoms with Gasteiger partial charge in [-0.25, -0.2) is 8.42 Å². The fourth-order valence-electron chi connectivity index (χ4n) is 3.14. The van der Waals surface area contributed by atoms with Crippen LogP contribution in [0.1, 0.15) is 0 Å². The summed E-state index contributed by atoms with van der Waals surface area (Å²) in [4.78, 5) is 2.42. The van der Waals surface area contributed by atoms with Gasteiger partial charge in [-0.1, -0.05) is 6.07 Å². The lowest BCUT2D eigenvalue weighted by Crippen LogP contribution is -2.43. The summed E-state index contributed by atoms with van der Waals surface area (Å²) in [5.74, 6) is 0. The fraction of sp³-hybridized carbons (Fsp3) is 0.235. The van der Waals surface area contributed by atoms with E-state index < -0.39 is 9.84 Å². The molecule has 0 amide bonds. The lowest BCUT2D eigenvalue weighted by atomic mass is 10.2. The normalized spacial score (nSPS) is 15.6. The number of nitrogen functional groups attached to an aromatic ring is 1. The summed E-state index contributed by atoms with van der Waals surface area (Å²) >= 11 is 0. The van der Waals surface area contributed by atoms with Crippen molar-refractivity contribution in [3.8, 4) is 0 Å². The van der Waals surface area contributed by atoms with E-state index in [1.165, 1.54) is 12.1 Å². The highest BCUT2D eigenvalue weighted by atomic mass is 32.2. The van der Waals surface area contributed by atoms with E-state index in [4.69, 9.17) is 5.73 Å². The molecule has 0 atom stereocenters. The third-order valence-electron chi connectivity index (χ3n) is 4.44. The number of nitrogens with two attached hydrogens (primary N) is 1. The second-order valence-electron chi connectivity index (χ2n) is 6.04. The lowest BCUT2D eigenvalue weighted by Gasteiger charge is -2.29. The van der Waals surface area contributed by atoms with Crippen LogP contribution in [-0.4, -0.2) is 44.8 Å². The fourth-order valence-corrected chi connectivity index (χ4v) is 4.48. The first kappa shape index (κ1) is 15.9. The Labute approximate surface area is 145 Å². The van der Waals surface area contributed by atoms with Gasteiger partial charge >= 0.3 is 0 Å². The van der Waals surface area contributed by atoms with Gasteiger partial charge in [-0.3, -0.25) is 5.10 Å². The van der Waals surface area contributed by atoms with Gasteiger partial charge in [0.15, 0.2) is 5.03 Å². The summed E-state index contributed by atoms with van der Waals surface area (Å²) in [5.41, 5.74) is 7.90. The Bertz CT molecular complexity index is 1010. The van der Waals surface area contributed by atoms with Crippen LogP contribution in [-0.2, 0) is 9.84 Å². The molecule has 2 aromatic carbocycles. The molecule has 1 saturated heterocycles. The van der Waals surface area contributed by atoms with Crippen LogP contribution in [0.15, 0.2) is 52.4 Å². The van der Waals surface area contributed by atoms with Crippen LogP contribution >= 0.6 is 0 Å². The largest absolute Gasteiger partial charge is 0.399 e. The number of hydrogen-bond donors (Lipinski definition) is 3. The van der Waals surface area contributed by atoms with Gasteiger partial charge in [0, 0.05) is 37.3 Å². The molecule has 0 spiro atoms. The third kappa shape index (κ3) is 2.73. The van der Waals surface area contributed by atoms with Crippen LogP contribution < -0.4 is 16.0 Å². The molecule has 0 saturated carbocycles. The van der Waals surface area contributed by atoms with E-state index in [-0.39, 0.29) is 9.92 Å². The van der Waals surface area contributed by atoms with Crippen molar-refractivity contribution >= 4 is 32.1 Å². The molecule has 0 aliphatic carbocycles. The summed E-state index contributed by atoms with van der Waals surface area (Å²) in [5, 5.41) is 11.0. The molecule has 3 aromatic rings. The van der Waals surface area contributed by atoms with Crippen LogP contribution in [0.4, 0.5) is 11.4 Å². The van der Waals surface area contributed by atoms with E-state index in [0.717, 1.165) is 37.4 Å². The first-order valence-corrected chi connectivity index (χ1v) is 9.59. The summed E-state index contributed by atoms with van der Waals surface area (Å²) in [6.45, 7) is 3.55. The molecular weight excluding hydrogens is 338 g/mol. The van der Waals surface area contributed by atoms with Crippen molar-refractivity contribution < 1.29 is 8.42 Å². The number of H-pyrrole nitrogens is 1. The molecule has 1 aromatic heterocycles. The number of hydrogen-bond acceptors (Lipinski definition) is 6. The number of anilines is 2. The predicted molar refractivity (Wildman–Crippen MR) is 97.5 cm³/mol. The zero-order valence-corrected chi connectivity index (χ0v) is 14.4. The maximum Gasteiger partial charge on any atom is 0.226 e. The molecule has 4 rings (SSSR count). The molecule has 8 heteroatoms.